The Morgan fingerprint density at radius 3 is 2.59 bits per heavy atom. The number of esters is 1. The number of nitrogens with zero attached hydrogens (tertiary/aromatic N) is 1. The first-order valence-corrected chi connectivity index (χ1v) is 10.9. The summed E-state index contributed by atoms with van der Waals surface area (Å²) in [6.07, 6.45) is 1.98. The first-order chi connectivity index (χ1) is 15.1. The van der Waals surface area contributed by atoms with E-state index in [2.05, 4.69) is 9.89 Å². The molecule has 1 N–H and O–H groups in total. The summed E-state index contributed by atoms with van der Waals surface area (Å²) in [7, 11) is 4.91. The summed E-state index contributed by atoms with van der Waals surface area (Å²) < 4.78 is 18.1. The number of carbonyl (C=O) groups excluding carboxylic acids is 3. The minimum absolute atomic E-state index is 0.266. The Kier molecular flexibility index (Phi) is 6.62. The average Bonchev–Trinajstić information content (AvgIpc) is 2.99. The Bertz CT molecular complexity index is 948. The minimum atomic E-state index is -0.801. The van der Waals surface area contributed by atoms with E-state index in [4.69, 9.17) is 14.2 Å². The van der Waals surface area contributed by atoms with Gasteiger partial charge in [0.1, 0.15) is 24.7 Å². The number of ether oxygens (including phenoxy) is 3. The molecule has 1 amide bonds. The highest BCUT2D eigenvalue weighted by Gasteiger charge is 2.62. The molecule has 0 bridgehead atoms. The van der Waals surface area contributed by atoms with Gasteiger partial charge in [0.15, 0.2) is 5.71 Å². The highest BCUT2D eigenvalue weighted by atomic mass is 16.6. The molecule has 0 aromatic heterocycles. The standard InChI is InChI=1S/C24H32N2O6/c1-23(2,3)32-22(29)25-12-11-24-17-13-16(30-5)8-9-18(17)26(4)19(24)10-7-15(14-27)20(24)21(28)31-6/h8-9,13-15,20H,7,10-12H2,1-6H3/p+1/t15?,20-,24+/m0/s1. The van der Waals surface area contributed by atoms with Crippen LogP contribution in [0.3, 0.4) is 0 Å². The van der Waals surface area contributed by atoms with Gasteiger partial charge in [-0.05, 0) is 45.7 Å². The van der Waals surface area contributed by atoms with E-state index < -0.39 is 34.9 Å². The summed E-state index contributed by atoms with van der Waals surface area (Å²) in [4.78, 5) is 37.4. The highest BCUT2D eigenvalue weighted by molar-refractivity contribution is 6.02. The Hall–Kier alpha value is -2.90. The van der Waals surface area contributed by atoms with Gasteiger partial charge < -0.3 is 24.3 Å². The molecule has 3 atom stereocenters. The monoisotopic (exact) mass is 445 g/mol. The number of fused-ring (bicyclic) bond motifs is 3. The SMILES string of the molecule is COC(=O)[C@@H]1C(C=O)CCC2=[N+](C)c3ccc(OC)cc3[C@]21CCNC(=O)OC(C)(C)C. The topological polar surface area (TPSA) is 93.9 Å². The van der Waals surface area contributed by atoms with Crippen molar-refractivity contribution in [2.45, 2.75) is 51.0 Å². The van der Waals surface area contributed by atoms with Gasteiger partial charge in [-0.2, -0.15) is 0 Å². The third kappa shape index (κ3) is 4.10. The molecular formula is C24H33N2O6+. The number of amides is 1. The van der Waals surface area contributed by atoms with Crippen LogP contribution in [0.25, 0.3) is 0 Å². The number of aldehydes is 1. The molecule has 0 radical (unpaired) electrons. The number of nitrogens with one attached hydrogen (secondary N) is 1. The molecule has 1 saturated carbocycles. The maximum absolute atomic E-state index is 13.1. The van der Waals surface area contributed by atoms with Crippen LogP contribution in [-0.2, 0) is 24.5 Å². The van der Waals surface area contributed by atoms with Crippen LogP contribution in [0.4, 0.5) is 10.5 Å². The minimum Gasteiger partial charge on any atom is -0.497 e. The zero-order valence-electron chi connectivity index (χ0n) is 19.7. The van der Waals surface area contributed by atoms with E-state index in [1.165, 1.54) is 7.11 Å². The molecule has 8 heteroatoms. The summed E-state index contributed by atoms with van der Waals surface area (Å²) >= 11 is 0. The van der Waals surface area contributed by atoms with Crippen LogP contribution in [0.15, 0.2) is 18.2 Å². The van der Waals surface area contributed by atoms with Crippen molar-refractivity contribution in [3.8, 4) is 5.75 Å². The zero-order chi connectivity index (χ0) is 23.7. The van der Waals surface area contributed by atoms with Crippen LogP contribution in [0.5, 0.6) is 5.75 Å². The van der Waals surface area contributed by atoms with Crippen molar-refractivity contribution in [1.82, 2.24) is 5.32 Å². The van der Waals surface area contributed by atoms with Gasteiger partial charge in [-0.15, -0.1) is 0 Å². The second-order valence-corrected chi connectivity index (χ2v) is 9.38. The molecular weight excluding hydrogens is 412 g/mol. The van der Waals surface area contributed by atoms with Crippen molar-refractivity contribution >= 4 is 29.7 Å². The molecule has 8 nitrogen and oxygen atoms in total. The summed E-state index contributed by atoms with van der Waals surface area (Å²) in [6, 6.07) is 5.77. The quantitative estimate of drug-likeness (QED) is 0.411. The Labute approximate surface area is 188 Å². The molecule has 174 valence electrons. The fourth-order valence-electron chi connectivity index (χ4n) is 5.23. The predicted molar refractivity (Wildman–Crippen MR) is 119 cm³/mol. The molecule has 1 aromatic carbocycles. The zero-order valence-corrected chi connectivity index (χ0v) is 19.7. The van der Waals surface area contributed by atoms with Crippen LogP contribution in [0.1, 0.15) is 45.6 Å². The lowest BCUT2D eigenvalue weighted by Crippen LogP contribution is -2.54. The number of rotatable bonds is 6. The van der Waals surface area contributed by atoms with E-state index in [0.717, 1.165) is 23.2 Å². The Morgan fingerprint density at radius 1 is 1.28 bits per heavy atom. The maximum Gasteiger partial charge on any atom is 0.407 e. The van der Waals surface area contributed by atoms with Gasteiger partial charge in [0.2, 0.25) is 5.69 Å². The number of hydrogen-bond donors (Lipinski definition) is 1. The smallest absolute Gasteiger partial charge is 0.407 e. The van der Waals surface area contributed by atoms with E-state index in [0.29, 0.717) is 25.0 Å². The van der Waals surface area contributed by atoms with Gasteiger partial charge in [0.25, 0.3) is 0 Å². The largest absolute Gasteiger partial charge is 0.497 e. The number of alkyl carbamates (subject to hydrolysis) is 1. The molecule has 1 aromatic rings. The molecule has 1 unspecified atom stereocenters. The van der Waals surface area contributed by atoms with E-state index in [1.54, 1.807) is 27.9 Å². The van der Waals surface area contributed by atoms with Crippen molar-refractivity contribution < 1.29 is 33.2 Å². The normalized spacial score (nSPS) is 24.3. The first-order valence-electron chi connectivity index (χ1n) is 10.9. The maximum atomic E-state index is 13.1. The fraction of sp³-hybridized carbons (Fsp3) is 0.583. The van der Waals surface area contributed by atoms with Crippen molar-refractivity contribution in [3.05, 3.63) is 23.8 Å². The molecule has 3 rings (SSSR count). The number of carbonyl (C=O) groups is 3. The second kappa shape index (κ2) is 8.92. The van der Waals surface area contributed by atoms with E-state index in [-0.39, 0.29) is 6.54 Å². The average molecular weight is 446 g/mol. The lowest BCUT2D eigenvalue weighted by molar-refractivity contribution is -0.404. The molecule has 1 aliphatic heterocycles. The molecule has 1 heterocycles. The summed E-state index contributed by atoms with van der Waals surface area (Å²) in [6.45, 7) is 5.67. The third-order valence-electron chi connectivity index (χ3n) is 6.46. The van der Waals surface area contributed by atoms with E-state index >= 15 is 0 Å². The number of benzene rings is 1. The van der Waals surface area contributed by atoms with Gasteiger partial charge in [-0.3, -0.25) is 4.79 Å². The van der Waals surface area contributed by atoms with Crippen LogP contribution in [-0.4, -0.2) is 62.0 Å². The predicted octanol–water partition coefficient (Wildman–Crippen LogP) is 2.97. The molecule has 1 fully saturated rings. The Morgan fingerprint density at radius 2 is 2.00 bits per heavy atom. The number of hydrogen-bond acceptors (Lipinski definition) is 6. The lowest BCUT2D eigenvalue weighted by Gasteiger charge is -2.41. The van der Waals surface area contributed by atoms with Crippen LogP contribution in [0, 0.1) is 11.8 Å². The lowest BCUT2D eigenvalue weighted by atomic mass is 9.57. The molecule has 0 saturated heterocycles. The van der Waals surface area contributed by atoms with Crippen LogP contribution < -0.4 is 10.1 Å². The molecule has 0 spiro atoms. The van der Waals surface area contributed by atoms with Gasteiger partial charge in [0, 0.05) is 30.5 Å². The third-order valence-corrected chi connectivity index (χ3v) is 6.46. The van der Waals surface area contributed by atoms with Gasteiger partial charge in [0.05, 0.1) is 25.6 Å². The van der Waals surface area contributed by atoms with Crippen LogP contribution >= 0.6 is 0 Å². The fourth-order valence-corrected chi connectivity index (χ4v) is 5.23. The first kappa shape index (κ1) is 23.8. The van der Waals surface area contributed by atoms with E-state index in [1.807, 2.05) is 25.2 Å². The summed E-state index contributed by atoms with van der Waals surface area (Å²) in [5.41, 5.74) is 1.49. The summed E-state index contributed by atoms with van der Waals surface area (Å²) in [5.74, 6) is -0.960. The van der Waals surface area contributed by atoms with Crippen molar-refractivity contribution in [2.24, 2.45) is 11.8 Å². The number of methoxy groups -OCH3 is 2. The van der Waals surface area contributed by atoms with Crippen molar-refractivity contribution in [3.63, 3.8) is 0 Å². The highest BCUT2D eigenvalue weighted by Crippen LogP contribution is 2.54. The van der Waals surface area contributed by atoms with Gasteiger partial charge >= 0.3 is 12.1 Å². The molecule has 2 aliphatic rings. The molecule has 1 aliphatic carbocycles. The van der Waals surface area contributed by atoms with Crippen molar-refractivity contribution in [1.29, 1.82) is 0 Å². The molecule has 32 heavy (non-hydrogen) atoms. The van der Waals surface area contributed by atoms with Gasteiger partial charge in [-0.25, -0.2) is 9.37 Å². The Balaban J connectivity index is 2.08. The van der Waals surface area contributed by atoms with Crippen LogP contribution in [0.2, 0.25) is 0 Å². The van der Waals surface area contributed by atoms with E-state index in [9.17, 15) is 14.4 Å². The second-order valence-electron chi connectivity index (χ2n) is 9.38. The summed E-state index contributed by atoms with van der Waals surface area (Å²) in [5, 5.41) is 2.81. The van der Waals surface area contributed by atoms with Gasteiger partial charge in [-0.1, -0.05) is 0 Å². The van der Waals surface area contributed by atoms with Crippen molar-refractivity contribution in [2.75, 3.05) is 27.8 Å².